The number of aromatic carboxylic acids is 1. The van der Waals surface area contributed by atoms with Crippen molar-refractivity contribution >= 4 is 29.2 Å². The first-order valence-corrected chi connectivity index (χ1v) is 6.47. The van der Waals surface area contributed by atoms with Crippen molar-refractivity contribution in [1.82, 2.24) is 0 Å². The molecule has 0 radical (unpaired) electrons. The molecule has 0 aliphatic heterocycles. The Morgan fingerprint density at radius 3 is 2.20 bits per heavy atom. The van der Waals surface area contributed by atoms with Crippen LogP contribution in [0.4, 0.5) is 5.69 Å². The molecule has 1 aromatic carbocycles. The topological polar surface area (TPSA) is 92.4 Å². The van der Waals surface area contributed by atoms with Crippen LogP contribution in [0.25, 0.3) is 0 Å². The van der Waals surface area contributed by atoms with E-state index in [9.17, 15) is 9.59 Å². The van der Waals surface area contributed by atoms with Gasteiger partial charge in [-0.1, -0.05) is 11.6 Å². The molecule has 0 saturated carbocycles. The molecule has 0 spiro atoms. The molecule has 4 N–H and O–H groups in total. The lowest BCUT2D eigenvalue weighted by molar-refractivity contribution is -0.126. The van der Waals surface area contributed by atoms with Gasteiger partial charge >= 0.3 is 5.97 Å². The quantitative estimate of drug-likeness (QED) is 0.797. The highest BCUT2D eigenvalue weighted by molar-refractivity contribution is 6.31. The Bertz CT molecular complexity index is 548. The van der Waals surface area contributed by atoms with Gasteiger partial charge in [-0.05, 0) is 45.9 Å². The van der Waals surface area contributed by atoms with Crippen LogP contribution < -0.4 is 11.1 Å². The predicted octanol–water partition coefficient (Wildman–Crippen LogP) is 2.74. The number of carboxylic acids is 1. The lowest BCUT2D eigenvalue weighted by Gasteiger charge is -2.36. The highest BCUT2D eigenvalue weighted by atomic mass is 35.5. The van der Waals surface area contributed by atoms with E-state index in [2.05, 4.69) is 5.32 Å². The molecule has 0 aliphatic rings. The Morgan fingerprint density at radius 1 is 1.20 bits per heavy atom. The van der Waals surface area contributed by atoms with E-state index in [-0.39, 0.29) is 16.5 Å². The van der Waals surface area contributed by atoms with E-state index in [1.54, 1.807) is 27.7 Å². The van der Waals surface area contributed by atoms with Crippen LogP contribution >= 0.6 is 11.6 Å². The standard InChI is InChI=1S/C14H19ClN2O3/c1-13(2,14(3,4)16)12(20)17-10-6-8(11(18)19)5-9(15)7-10/h5-7H,16H2,1-4H3,(H,17,20)(H,18,19). The van der Waals surface area contributed by atoms with Crippen LogP contribution in [-0.2, 0) is 4.79 Å². The third-order valence-electron chi connectivity index (χ3n) is 3.58. The number of benzene rings is 1. The Kier molecular flexibility index (Phi) is 4.46. The number of anilines is 1. The molecule has 20 heavy (non-hydrogen) atoms. The molecule has 0 atom stereocenters. The molecule has 0 bridgehead atoms. The van der Waals surface area contributed by atoms with Gasteiger partial charge in [-0.2, -0.15) is 0 Å². The zero-order valence-corrected chi connectivity index (χ0v) is 12.7. The summed E-state index contributed by atoms with van der Waals surface area (Å²) in [5.74, 6) is -1.41. The van der Waals surface area contributed by atoms with Gasteiger partial charge in [-0.25, -0.2) is 4.79 Å². The lowest BCUT2D eigenvalue weighted by Crippen LogP contribution is -2.53. The number of carboxylic acid groups (broad SMARTS) is 1. The van der Waals surface area contributed by atoms with Crippen molar-refractivity contribution < 1.29 is 14.7 Å². The van der Waals surface area contributed by atoms with Crippen molar-refractivity contribution in [2.75, 3.05) is 5.32 Å². The first-order valence-electron chi connectivity index (χ1n) is 6.09. The van der Waals surface area contributed by atoms with Crippen LogP contribution in [0.1, 0.15) is 38.1 Å². The largest absolute Gasteiger partial charge is 0.478 e. The number of carbonyl (C=O) groups is 2. The van der Waals surface area contributed by atoms with Crippen LogP contribution in [0.2, 0.25) is 5.02 Å². The van der Waals surface area contributed by atoms with Gasteiger partial charge in [0.1, 0.15) is 0 Å². The monoisotopic (exact) mass is 298 g/mol. The summed E-state index contributed by atoms with van der Waals surface area (Å²) in [6.45, 7) is 6.97. The maximum absolute atomic E-state index is 12.3. The maximum atomic E-state index is 12.3. The minimum Gasteiger partial charge on any atom is -0.478 e. The molecular formula is C14H19ClN2O3. The zero-order valence-electron chi connectivity index (χ0n) is 12.0. The van der Waals surface area contributed by atoms with Crippen LogP contribution in [0.5, 0.6) is 0 Å². The van der Waals surface area contributed by atoms with Crippen molar-refractivity contribution in [2.45, 2.75) is 33.2 Å². The molecule has 0 fully saturated rings. The Morgan fingerprint density at radius 2 is 1.75 bits per heavy atom. The Hall–Kier alpha value is -1.59. The minimum atomic E-state index is -1.11. The summed E-state index contributed by atoms with van der Waals surface area (Å²) in [5.41, 5.74) is 4.77. The van der Waals surface area contributed by atoms with E-state index in [1.807, 2.05) is 0 Å². The van der Waals surface area contributed by atoms with E-state index in [0.717, 1.165) is 0 Å². The fraction of sp³-hybridized carbons (Fsp3) is 0.429. The van der Waals surface area contributed by atoms with Gasteiger partial charge in [-0.3, -0.25) is 4.79 Å². The summed E-state index contributed by atoms with van der Waals surface area (Å²) in [6, 6.07) is 4.16. The molecule has 0 aliphatic carbocycles. The summed E-state index contributed by atoms with van der Waals surface area (Å²) in [7, 11) is 0. The van der Waals surface area contributed by atoms with Gasteiger partial charge in [0.25, 0.3) is 0 Å². The van der Waals surface area contributed by atoms with E-state index in [0.29, 0.717) is 5.69 Å². The molecule has 1 amide bonds. The smallest absolute Gasteiger partial charge is 0.335 e. The second kappa shape index (κ2) is 5.42. The van der Waals surface area contributed by atoms with Crippen molar-refractivity contribution in [3.63, 3.8) is 0 Å². The van der Waals surface area contributed by atoms with Gasteiger partial charge in [0.15, 0.2) is 0 Å². The number of hydrogen-bond donors (Lipinski definition) is 3. The summed E-state index contributed by atoms with van der Waals surface area (Å²) in [4.78, 5) is 23.2. The lowest BCUT2D eigenvalue weighted by atomic mass is 9.74. The van der Waals surface area contributed by atoms with Crippen molar-refractivity contribution in [2.24, 2.45) is 11.1 Å². The van der Waals surface area contributed by atoms with E-state index in [4.69, 9.17) is 22.4 Å². The van der Waals surface area contributed by atoms with E-state index >= 15 is 0 Å². The molecule has 1 rings (SSSR count). The SMILES string of the molecule is CC(C)(N)C(C)(C)C(=O)Nc1cc(Cl)cc(C(=O)O)c1. The molecule has 6 heteroatoms. The number of rotatable bonds is 4. The maximum Gasteiger partial charge on any atom is 0.335 e. The highest BCUT2D eigenvalue weighted by Crippen LogP contribution is 2.30. The molecule has 1 aromatic rings. The van der Waals surface area contributed by atoms with Gasteiger partial charge in [-0.15, -0.1) is 0 Å². The number of amides is 1. The molecule has 0 saturated heterocycles. The van der Waals surface area contributed by atoms with Gasteiger partial charge in [0, 0.05) is 16.2 Å². The molecule has 110 valence electrons. The molecular weight excluding hydrogens is 280 g/mol. The van der Waals surface area contributed by atoms with Crippen LogP contribution in [0, 0.1) is 5.41 Å². The first kappa shape index (κ1) is 16.5. The molecule has 5 nitrogen and oxygen atoms in total. The zero-order chi connectivity index (χ0) is 15.7. The van der Waals surface area contributed by atoms with Crippen molar-refractivity contribution in [3.8, 4) is 0 Å². The van der Waals surface area contributed by atoms with E-state index < -0.39 is 16.9 Å². The molecule has 0 heterocycles. The highest BCUT2D eigenvalue weighted by Gasteiger charge is 2.40. The number of nitrogens with two attached hydrogens (primary N) is 1. The Balaban J connectivity index is 3.05. The average molecular weight is 299 g/mol. The fourth-order valence-corrected chi connectivity index (χ4v) is 1.60. The molecule has 0 unspecified atom stereocenters. The normalized spacial score (nSPS) is 12.1. The average Bonchev–Trinajstić information content (AvgIpc) is 2.26. The van der Waals surface area contributed by atoms with Crippen LogP contribution in [0.3, 0.4) is 0 Å². The third-order valence-corrected chi connectivity index (χ3v) is 3.80. The summed E-state index contributed by atoms with van der Waals surface area (Å²) >= 11 is 5.84. The third kappa shape index (κ3) is 3.49. The first-order chi connectivity index (χ1) is 8.95. The van der Waals surface area contributed by atoms with Crippen molar-refractivity contribution in [1.29, 1.82) is 0 Å². The second-order valence-corrected chi connectivity index (χ2v) is 6.27. The second-order valence-electron chi connectivity index (χ2n) is 5.83. The van der Waals surface area contributed by atoms with Crippen LogP contribution in [-0.4, -0.2) is 22.5 Å². The predicted molar refractivity (Wildman–Crippen MR) is 79.1 cm³/mol. The minimum absolute atomic E-state index is 0.0117. The number of carbonyl (C=O) groups excluding carboxylic acids is 1. The number of nitrogens with one attached hydrogen (secondary N) is 1. The molecule has 0 aromatic heterocycles. The van der Waals surface area contributed by atoms with E-state index in [1.165, 1.54) is 18.2 Å². The van der Waals surface area contributed by atoms with Gasteiger partial charge < -0.3 is 16.2 Å². The Labute approximate surface area is 123 Å². The summed E-state index contributed by atoms with van der Waals surface area (Å²) < 4.78 is 0. The number of hydrogen-bond acceptors (Lipinski definition) is 3. The van der Waals surface area contributed by atoms with Crippen molar-refractivity contribution in [3.05, 3.63) is 28.8 Å². The van der Waals surface area contributed by atoms with Gasteiger partial charge in [0.05, 0.1) is 11.0 Å². The fourth-order valence-electron chi connectivity index (χ4n) is 1.37. The number of halogens is 1. The summed E-state index contributed by atoms with van der Waals surface area (Å²) in [5, 5.41) is 11.9. The summed E-state index contributed by atoms with van der Waals surface area (Å²) in [6.07, 6.45) is 0. The van der Waals surface area contributed by atoms with Gasteiger partial charge in [0.2, 0.25) is 5.91 Å². The van der Waals surface area contributed by atoms with Crippen LogP contribution in [0.15, 0.2) is 18.2 Å².